The van der Waals surface area contributed by atoms with Crippen LogP contribution < -0.4 is 0 Å². The van der Waals surface area contributed by atoms with Crippen molar-refractivity contribution in [1.82, 2.24) is 4.98 Å². The molecule has 1 heterocycles. The second kappa shape index (κ2) is 2.71. The molecule has 1 saturated carbocycles. The summed E-state index contributed by atoms with van der Waals surface area (Å²) in [5.74, 6) is 0.985. The SMILES string of the molecule is Oc1cccc2cc(C3CC3)cnc12. The Kier molecular flexibility index (Phi) is 1.51. The van der Waals surface area contributed by atoms with Gasteiger partial charge in [-0.3, -0.25) is 4.98 Å². The number of hydrogen-bond donors (Lipinski definition) is 1. The fourth-order valence-electron chi connectivity index (χ4n) is 1.80. The smallest absolute Gasteiger partial charge is 0.141 e. The Morgan fingerprint density at radius 1 is 1.29 bits per heavy atom. The van der Waals surface area contributed by atoms with Gasteiger partial charge < -0.3 is 5.11 Å². The van der Waals surface area contributed by atoms with Crippen LogP contribution in [0.25, 0.3) is 10.9 Å². The molecule has 0 saturated heterocycles. The predicted octanol–water partition coefficient (Wildman–Crippen LogP) is 2.82. The quantitative estimate of drug-likeness (QED) is 0.741. The van der Waals surface area contributed by atoms with Crippen molar-refractivity contribution in [1.29, 1.82) is 0 Å². The van der Waals surface area contributed by atoms with Gasteiger partial charge in [-0.2, -0.15) is 0 Å². The van der Waals surface area contributed by atoms with Crippen LogP contribution >= 0.6 is 0 Å². The van der Waals surface area contributed by atoms with Gasteiger partial charge in [0.1, 0.15) is 11.3 Å². The van der Waals surface area contributed by atoms with Gasteiger partial charge in [0.05, 0.1) is 0 Å². The highest BCUT2D eigenvalue weighted by atomic mass is 16.3. The molecule has 1 N–H and O–H groups in total. The molecule has 1 aliphatic carbocycles. The number of aromatic hydroxyl groups is 1. The molecule has 1 aliphatic rings. The summed E-state index contributed by atoms with van der Waals surface area (Å²) in [5.41, 5.74) is 2.01. The molecule has 14 heavy (non-hydrogen) atoms. The Hall–Kier alpha value is -1.57. The van der Waals surface area contributed by atoms with Crippen molar-refractivity contribution in [3.63, 3.8) is 0 Å². The van der Waals surface area contributed by atoms with Crippen LogP contribution in [0.1, 0.15) is 24.3 Å². The fourth-order valence-corrected chi connectivity index (χ4v) is 1.80. The van der Waals surface area contributed by atoms with Crippen molar-refractivity contribution in [2.45, 2.75) is 18.8 Å². The van der Waals surface area contributed by atoms with Crippen LogP contribution in [-0.2, 0) is 0 Å². The first-order valence-corrected chi connectivity index (χ1v) is 4.92. The van der Waals surface area contributed by atoms with Crippen LogP contribution in [0.5, 0.6) is 5.75 Å². The first-order chi connectivity index (χ1) is 6.84. The Morgan fingerprint density at radius 2 is 2.14 bits per heavy atom. The molecule has 0 spiro atoms. The highest BCUT2D eigenvalue weighted by molar-refractivity contribution is 5.84. The summed E-state index contributed by atoms with van der Waals surface area (Å²) in [7, 11) is 0. The van der Waals surface area contributed by atoms with Crippen molar-refractivity contribution in [2.24, 2.45) is 0 Å². The van der Waals surface area contributed by atoms with Crippen LogP contribution in [0, 0.1) is 0 Å². The zero-order valence-electron chi connectivity index (χ0n) is 7.77. The highest BCUT2D eigenvalue weighted by Crippen LogP contribution is 2.40. The Morgan fingerprint density at radius 3 is 2.93 bits per heavy atom. The van der Waals surface area contributed by atoms with E-state index in [1.54, 1.807) is 6.07 Å². The van der Waals surface area contributed by atoms with Crippen LogP contribution in [0.2, 0.25) is 0 Å². The van der Waals surface area contributed by atoms with Gasteiger partial charge in [0.15, 0.2) is 0 Å². The standard InChI is InChI=1S/C12H11NO/c14-11-3-1-2-9-6-10(8-4-5-8)7-13-12(9)11/h1-3,6-8,14H,4-5H2. The minimum Gasteiger partial charge on any atom is -0.506 e. The van der Waals surface area contributed by atoms with E-state index in [-0.39, 0.29) is 5.75 Å². The van der Waals surface area contributed by atoms with Gasteiger partial charge in [-0.05, 0) is 36.5 Å². The largest absolute Gasteiger partial charge is 0.506 e. The average molecular weight is 185 g/mol. The number of phenolic OH excluding ortho intramolecular Hbond substituents is 1. The molecule has 2 aromatic rings. The lowest BCUT2D eigenvalue weighted by atomic mass is 10.1. The Balaban J connectivity index is 2.23. The zero-order valence-corrected chi connectivity index (χ0v) is 7.77. The number of pyridine rings is 1. The lowest BCUT2D eigenvalue weighted by Crippen LogP contribution is -1.84. The van der Waals surface area contributed by atoms with E-state index in [1.807, 2.05) is 18.3 Å². The van der Waals surface area contributed by atoms with E-state index in [1.165, 1.54) is 18.4 Å². The minimum atomic E-state index is 0.268. The molecule has 70 valence electrons. The van der Waals surface area contributed by atoms with E-state index >= 15 is 0 Å². The average Bonchev–Trinajstić information content (AvgIpc) is 3.01. The van der Waals surface area contributed by atoms with Crippen molar-refractivity contribution in [3.8, 4) is 5.75 Å². The third-order valence-electron chi connectivity index (χ3n) is 2.76. The number of nitrogens with zero attached hydrogens (tertiary/aromatic N) is 1. The Bertz CT molecular complexity index is 489. The van der Waals surface area contributed by atoms with E-state index in [0.29, 0.717) is 11.4 Å². The van der Waals surface area contributed by atoms with Crippen molar-refractivity contribution < 1.29 is 5.11 Å². The number of benzene rings is 1. The maximum atomic E-state index is 9.55. The van der Waals surface area contributed by atoms with Gasteiger partial charge in [0, 0.05) is 11.6 Å². The number of fused-ring (bicyclic) bond motifs is 1. The van der Waals surface area contributed by atoms with Crippen LogP contribution in [0.3, 0.4) is 0 Å². The molecule has 0 aliphatic heterocycles. The minimum absolute atomic E-state index is 0.268. The third kappa shape index (κ3) is 1.15. The summed E-state index contributed by atoms with van der Waals surface area (Å²) >= 11 is 0. The van der Waals surface area contributed by atoms with E-state index in [0.717, 1.165) is 5.39 Å². The molecule has 1 aromatic carbocycles. The summed E-state index contributed by atoms with van der Waals surface area (Å²) in [6, 6.07) is 7.66. The molecule has 2 heteroatoms. The molecular weight excluding hydrogens is 174 g/mol. The summed E-state index contributed by atoms with van der Waals surface area (Å²) in [6.45, 7) is 0. The summed E-state index contributed by atoms with van der Waals surface area (Å²) < 4.78 is 0. The van der Waals surface area contributed by atoms with Gasteiger partial charge in [-0.25, -0.2) is 0 Å². The van der Waals surface area contributed by atoms with Crippen LogP contribution in [-0.4, -0.2) is 10.1 Å². The van der Waals surface area contributed by atoms with Gasteiger partial charge in [0.2, 0.25) is 0 Å². The third-order valence-corrected chi connectivity index (χ3v) is 2.76. The summed E-state index contributed by atoms with van der Waals surface area (Å²) in [5, 5.41) is 10.6. The molecule has 3 rings (SSSR count). The van der Waals surface area contributed by atoms with Gasteiger partial charge in [0.25, 0.3) is 0 Å². The molecule has 0 atom stereocenters. The zero-order chi connectivity index (χ0) is 9.54. The maximum absolute atomic E-state index is 9.55. The number of para-hydroxylation sites is 1. The molecule has 0 radical (unpaired) electrons. The van der Waals surface area contributed by atoms with Crippen molar-refractivity contribution in [2.75, 3.05) is 0 Å². The lowest BCUT2D eigenvalue weighted by Gasteiger charge is -2.02. The normalized spacial score (nSPS) is 16.0. The van der Waals surface area contributed by atoms with Gasteiger partial charge in [-0.15, -0.1) is 0 Å². The van der Waals surface area contributed by atoms with Crippen LogP contribution in [0.4, 0.5) is 0 Å². The molecule has 0 bridgehead atoms. The van der Waals surface area contributed by atoms with E-state index in [4.69, 9.17) is 0 Å². The second-order valence-electron chi connectivity index (χ2n) is 3.89. The predicted molar refractivity (Wildman–Crippen MR) is 55.4 cm³/mol. The van der Waals surface area contributed by atoms with Crippen molar-refractivity contribution in [3.05, 3.63) is 36.0 Å². The number of hydrogen-bond acceptors (Lipinski definition) is 2. The monoisotopic (exact) mass is 185 g/mol. The number of phenols is 1. The number of aromatic nitrogens is 1. The molecule has 0 amide bonds. The molecule has 2 nitrogen and oxygen atoms in total. The fraction of sp³-hybridized carbons (Fsp3) is 0.250. The maximum Gasteiger partial charge on any atom is 0.141 e. The summed E-state index contributed by atoms with van der Waals surface area (Å²) in [6.07, 6.45) is 4.46. The highest BCUT2D eigenvalue weighted by Gasteiger charge is 2.23. The topological polar surface area (TPSA) is 33.1 Å². The van der Waals surface area contributed by atoms with Crippen LogP contribution in [0.15, 0.2) is 30.5 Å². The van der Waals surface area contributed by atoms with Crippen molar-refractivity contribution >= 4 is 10.9 Å². The first-order valence-electron chi connectivity index (χ1n) is 4.92. The molecular formula is C12H11NO. The van der Waals surface area contributed by atoms with E-state index in [9.17, 15) is 5.11 Å². The molecule has 1 fully saturated rings. The van der Waals surface area contributed by atoms with E-state index < -0.39 is 0 Å². The first kappa shape index (κ1) is 7.80. The van der Waals surface area contributed by atoms with Gasteiger partial charge in [-0.1, -0.05) is 12.1 Å². The number of rotatable bonds is 1. The molecule has 1 aromatic heterocycles. The lowest BCUT2D eigenvalue weighted by molar-refractivity contribution is 0.480. The van der Waals surface area contributed by atoms with Gasteiger partial charge >= 0.3 is 0 Å². The summed E-state index contributed by atoms with van der Waals surface area (Å²) in [4.78, 5) is 4.29. The Labute approximate surface area is 82.2 Å². The van der Waals surface area contributed by atoms with E-state index in [2.05, 4.69) is 11.1 Å². The molecule has 0 unspecified atom stereocenters. The second-order valence-corrected chi connectivity index (χ2v) is 3.89.